The van der Waals surface area contributed by atoms with Crippen molar-refractivity contribution in [3.8, 4) is 6.07 Å². The lowest BCUT2D eigenvalue weighted by Gasteiger charge is -2.58. The smallest absolute Gasteiger partial charge is 0.125 e. The van der Waals surface area contributed by atoms with Gasteiger partial charge < -0.3 is 5.11 Å². The molecule has 5 fully saturated rings. The average molecular weight is 434 g/mol. The Morgan fingerprint density at radius 1 is 1.16 bits per heavy atom. The van der Waals surface area contributed by atoms with Gasteiger partial charge in [0.15, 0.2) is 0 Å². The fourth-order valence-corrected chi connectivity index (χ4v) is 9.58. The lowest BCUT2D eigenvalue weighted by Crippen LogP contribution is -2.51. The summed E-state index contributed by atoms with van der Waals surface area (Å²) in [4.78, 5) is 12.2. The van der Waals surface area contributed by atoms with E-state index in [1.54, 1.807) is 17.1 Å². The Kier molecular flexibility index (Phi) is 4.56. The van der Waals surface area contributed by atoms with E-state index < -0.39 is 5.60 Å². The number of carbonyl (C=O) groups excluding carboxylic acids is 1. The molecule has 5 nitrogen and oxygen atoms in total. The van der Waals surface area contributed by atoms with Gasteiger partial charge in [0.05, 0.1) is 23.9 Å². The largest absolute Gasteiger partial charge is 0.390 e. The van der Waals surface area contributed by atoms with Crippen LogP contribution in [0.25, 0.3) is 0 Å². The molecule has 10 atom stereocenters. The van der Waals surface area contributed by atoms with Crippen molar-refractivity contribution in [2.24, 2.45) is 52.8 Å². The number of hydrogen-bond donors (Lipinski definition) is 1. The third-order valence-electron chi connectivity index (χ3n) is 10.6. The molecule has 5 aliphatic carbocycles. The lowest BCUT2D eigenvalue weighted by molar-refractivity contribution is -0.104. The number of nitriles is 1. The molecule has 1 heterocycles. The van der Waals surface area contributed by atoms with Crippen LogP contribution >= 0.6 is 0 Å². The van der Waals surface area contributed by atoms with Gasteiger partial charge in [0.1, 0.15) is 12.0 Å². The van der Waals surface area contributed by atoms with E-state index in [9.17, 15) is 9.90 Å². The summed E-state index contributed by atoms with van der Waals surface area (Å²) in [6.45, 7) is 4.98. The van der Waals surface area contributed by atoms with Crippen molar-refractivity contribution >= 4 is 5.94 Å². The number of nitrogens with zero attached hydrogens (tertiary/aromatic N) is 3. The molecule has 1 aromatic rings. The molecule has 5 aliphatic rings. The van der Waals surface area contributed by atoms with E-state index in [1.165, 1.54) is 38.5 Å². The Hall–Kier alpha value is -1.89. The normalized spacial score (nSPS) is 48.4. The maximum atomic E-state index is 12.2. The van der Waals surface area contributed by atoms with Crippen LogP contribution in [0.1, 0.15) is 70.8 Å². The third-order valence-corrected chi connectivity index (χ3v) is 10.6. The lowest BCUT2D eigenvalue weighted by atomic mass is 9.47. The molecule has 0 bridgehead atoms. The fourth-order valence-electron chi connectivity index (χ4n) is 9.58. The van der Waals surface area contributed by atoms with Crippen LogP contribution in [0, 0.1) is 64.1 Å². The van der Waals surface area contributed by atoms with E-state index in [4.69, 9.17) is 5.26 Å². The second-order valence-electron chi connectivity index (χ2n) is 12.3. The second-order valence-corrected chi connectivity index (χ2v) is 12.3. The van der Waals surface area contributed by atoms with Crippen LogP contribution in [0.5, 0.6) is 0 Å². The molecule has 1 N–H and O–H groups in total. The van der Waals surface area contributed by atoms with Crippen LogP contribution in [0.4, 0.5) is 0 Å². The monoisotopic (exact) mass is 433 g/mol. The maximum absolute atomic E-state index is 12.2. The van der Waals surface area contributed by atoms with Gasteiger partial charge in [-0.3, -0.25) is 4.68 Å². The zero-order chi connectivity index (χ0) is 22.3. The first-order chi connectivity index (χ1) is 15.3. The molecule has 5 heteroatoms. The summed E-state index contributed by atoms with van der Waals surface area (Å²) in [5.41, 5.74) is 1.15. The highest BCUT2D eigenvalue weighted by molar-refractivity contribution is 5.55. The Balaban J connectivity index is 1.25. The minimum Gasteiger partial charge on any atom is -0.390 e. The van der Waals surface area contributed by atoms with Gasteiger partial charge in [-0.25, -0.2) is 4.79 Å². The van der Waals surface area contributed by atoms with Crippen molar-refractivity contribution in [2.75, 3.05) is 0 Å². The van der Waals surface area contributed by atoms with E-state index in [0.717, 1.165) is 48.0 Å². The van der Waals surface area contributed by atoms with Crippen molar-refractivity contribution < 1.29 is 9.90 Å². The fraction of sp³-hybridized carbons (Fsp3) is 0.778. The Labute approximate surface area is 190 Å². The number of aromatic nitrogens is 2. The summed E-state index contributed by atoms with van der Waals surface area (Å²) in [6, 6.07) is 2.13. The van der Waals surface area contributed by atoms with Crippen LogP contribution in [-0.2, 0) is 11.3 Å². The second kappa shape index (κ2) is 7.05. The highest BCUT2D eigenvalue weighted by atomic mass is 16.3. The number of aliphatic hydroxyl groups is 1. The highest BCUT2D eigenvalue weighted by Gasteiger charge is 2.70. The molecule has 0 spiro atoms. The molecule has 0 unspecified atom stereocenters. The molecule has 0 aromatic carbocycles. The first kappa shape index (κ1) is 20.7. The molecule has 5 saturated carbocycles. The van der Waals surface area contributed by atoms with Crippen molar-refractivity contribution in [2.45, 2.75) is 77.4 Å². The molecule has 0 radical (unpaired) electrons. The van der Waals surface area contributed by atoms with E-state index in [-0.39, 0.29) is 5.41 Å². The zero-order valence-electron chi connectivity index (χ0n) is 19.3. The van der Waals surface area contributed by atoms with Gasteiger partial charge in [0.2, 0.25) is 0 Å². The van der Waals surface area contributed by atoms with Gasteiger partial charge in [-0.1, -0.05) is 6.92 Å². The first-order valence-corrected chi connectivity index (χ1v) is 12.7. The number of hydrogen-bond acceptors (Lipinski definition) is 4. The molecular formula is C27H35N3O2. The summed E-state index contributed by atoms with van der Waals surface area (Å²) < 4.78 is 1.75. The number of allylic oxidation sites excluding steroid dienone is 1. The quantitative estimate of drug-likeness (QED) is 0.717. The van der Waals surface area contributed by atoms with Gasteiger partial charge in [-0.15, -0.1) is 0 Å². The molecule has 0 aliphatic heterocycles. The highest BCUT2D eigenvalue weighted by Crippen LogP contribution is 2.75. The summed E-state index contributed by atoms with van der Waals surface area (Å²) in [5, 5.41) is 24.1. The minimum atomic E-state index is -0.460. The van der Waals surface area contributed by atoms with Gasteiger partial charge in [0.25, 0.3) is 0 Å². The van der Waals surface area contributed by atoms with Crippen LogP contribution in [0.2, 0.25) is 0 Å². The van der Waals surface area contributed by atoms with Crippen molar-refractivity contribution in [1.29, 1.82) is 5.26 Å². The molecule has 6 rings (SSSR count). The molecule has 1 aromatic heterocycles. The van der Waals surface area contributed by atoms with E-state index in [1.807, 2.05) is 6.92 Å². The van der Waals surface area contributed by atoms with Gasteiger partial charge >= 0.3 is 0 Å². The SMILES string of the molecule is C[C@@]1(O)CC[C@H]2[C@H](CC[C@@H]3[C@@H]2CC[C@@]2(C)[C@H]3[C@@H]3C[C@@H]3[C@@H]2C(=C=O)Cn2cc(C#N)cn2)C1. The predicted molar refractivity (Wildman–Crippen MR) is 120 cm³/mol. The van der Waals surface area contributed by atoms with Gasteiger partial charge in [0, 0.05) is 17.7 Å². The summed E-state index contributed by atoms with van der Waals surface area (Å²) >= 11 is 0. The van der Waals surface area contributed by atoms with Crippen LogP contribution < -0.4 is 0 Å². The molecule has 32 heavy (non-hydrogen) atoms. The topological polar surface area (TPSA) is 78.9 Å². The summed E-state index contributed by atoms with van der Waals surface area (Å²) in [6.07, 6.45) is 12.8. The van der Waals surface area contributed by atoms with Crippen LogP contribution in [0.3, 0.4) is 0 Å². The summed E-state index contributed by atoms with van der Waals surface area (Å²) in [7, 11) is 0. The van der Waals surface area contributed by atoms with Gasteiger partial charge in [-0.05, 0) is 105 Å². The van der Waals surface area contributed by atoms with E-state index >= 15 is 0 Å². The summed E-state index contributed by atoms with van der Waals surface area (Å²) in [5.74, 6) is 7.92. The predicted octanol–water partition coefficient (Wildman–Crippen LogP) is 4.39. The average Bonchev–Trinajstić information content (AvgIpc) is 3.28. The Morgan fingerprint density at radius 3 is 2.72 bits per heavy atom. The van der Waals surface area contributed by atoms with E-state index in [0.29, 0.717) is 29.9 Å². The van der Waals surface area contributed by atoms with E-state index in [2.05, 4.69) is 24.0 Å². The molecule has 0 amide bonds. The Morgan fingerprint density at radius 2 is 1.97 bits per heavy atom. The molecular weight excluding hydrogens is 398 g/mol. The van der Waals surface area contributed by atoms with Gasteiger partial charge in [-0.2, -0.15) is 10.4 Å². The molecule has 170 valence electrons. The number of rotatable bonds is 3. The number of fused-ring (bicyclic) bond motifs is 7. The Bertz CT molecular complexity index is 1010. The standard InChI is InChI=1S/C27H35N3O2/c1-26(32)7-5-19-17(10-26)3-4-21-20(19)6-8-27(2)24(22-9-23(22)25(21)27)18(15-31)14-30-13-16(11-28)12-29-30/h12-13,17,19-25,32H,3-10,14H2,1-2H3/t17-,19+,20-,21-,22+,23-,24+,25-,26-,27-/m1/s1. The van der Waals surface area contributed by atoms with Crippen molar-refractivity contribution in [3.63, 3.8) is 0 Å². The van der Waals surface area contributed by atoms with Crippen LogP contribution in [-0.4, -0.2) is 26.4 Å². The van der Waals surface area contributed by atoms with Crippen molar-refractivity contribution in [1.82, 2.24) is 9.78 Å². The third kappa shape index (κ3) is 2.99. The van der Waals surface area contributed by atoms with Crippen molar-refractivity contribution in [3.05, 3.63) is 23.5 Å². The van der Waals surface area contributed by atoms with Crippen LogP contribution in [0.15, 0.2) is 18.0 Å². The first-order valence-electron chi connectivity index (χ1n) is 12.7. The molecule has 0 saturated heterocycles. The minimum absolute atomic E-state index is 0.194. The maximum Gasteiger partial charge on any atom is 0.125 e. The zero-order valence-corrected chi connectivity index (χ0v) is 19.3.